The van der Waals surface area contributed by atoms with E-state index in [0.717, 1.165) is 11.3 Å². The summed E-state index contributed by atoms with van der Waals surface area (Å²) in [5, 5.41) is 5.71. The molecule has 1 aromatic rings. The molecular formula is C13H19N3O2. The van der Waals surface area contributed by atoms with E-state index in [0.29, 0.717) is 5.56 Å². The molecular weight excluding hydrogens is 230 g/mol. The molecule has 5 nitrogen and oxygen atoms in total. The van der Waals surface area contributed by atoms with Gasteiger partial charge in [0, 0.05) is 25.2 Å². The molecule has 0 aliphatic heterocycles. The summed E-state index contributed by atoms with van der Waals surface area (Å²) in [5.41, 5.74) is 7.40. The second-order valence-electron chi connectivity index (χ2n) is 4.34. The van der Waals surface area contributed by atoms with Crippen LogP contribution in [0, 0.1) is 6.92 Å². The summed E-state index contributed by atoms with van der Waals surface area (Å²) < 4.78 is 0. The number of benzene rings is 1. The van der Waals surface area contributed by atoms with Gasteiger partial charge in [-0.15, -0.1) is 0 Å². The lowest BCUT2D eigenvalue weighted by Crippen LogP contribution is -2.36. The molecule has 0 saturated carbocycles. The van der Waals surface area contributed by atoms with Gasteiger partial charge in [-0.05, 0) is 26.0 Å². The number of rotatable bonds is 5. The van der Waals surface area contributed by atoms with E-state index in [1.165, 1.54) is 0 Å². The van der Waals surface area contributed by atoms with Crippen LogP contribution in [0.25, 0.3) is 0 Å². The lowest BCUT2D eigenvalue weighted by atomic mass is 10.1. The summed E-state index contributed by atoms with van der Waals surface area (Å²) in [6.07, 6.45) is 0.131. The highest BCUT2D eigenvalue weighted by Crippen LogP contribution is 2.16. The maximum absolute atomic E-state index is 12.1. The number of carbonyl (C=O) groups excluding carboxylic acids is 2. The van der Waals surface area contributed by atoms with Crippen molar-refractivity contribution in [3.63, 3.8) is 0 Å². The zero-order valence-corrected chi connectivity index (χ0v) is 10.9. The van der Waals surface area contributed by atoms with Crippen molar-refractivity contribution in [1.82, 2.24) is 5.32 Å². The number of carbonyl (C=O) groups is 2. The highest BCUT2D eigenvalue weighted by atomic mass is 16.2. The van der Waals surface area contributed by atoms with Crippen LogP contribution in [0.1, 0.15) is 29.3 Å². The molecule has 0 saturated heterocycles. The number of nitrogens with one attached hydrogen (secondary N) is 2. The number of primary amides is 1. The van der Waals surface area contributed by atoms with Crippen LogP contribution >= 0.6 is 0 Å². The molecule has 1 atom stereocenters. The van der Waals surface area contributed by atoms with Crippen molar-refractivity contribution in [3.05, 3.63) is 29.3 Å². The Bertz CT molecular complexity index is 458. The maximum atomic E-state index is 12.1. The minimum atomic E-state index is -0.430. The Morgan fingerprint density at radius 2 is 2.06 bits per heavy atom. The number of hydrogen-bond donors (Lipinski definition) is 3. The van der Waals surface area contributed by atoms with E-state index in [-0.39, 0.29) is 18.4 Å². The van der Waals surface area contributed by atoms with Gasteiger partial charge in [0.15, 0.2) is 0 Å². The fraction of sp³-hybridized carbons (Fsp3) is 0.385. The quantitative estimate of drug-likeness (QED) is 0.728. The Morgan fingerprint density at radius 1 is 1.39 bits per heavy atom. The van der Waals surface area contributed by atoms with E-state index in [1.807, 2.05) is 19.1 Å². The predicted octanol–water partition coefficient (Wildman–Crippen LogP) is 1.03. The van der Waals surface area contributed by atoms with E-state index >= 15 is 0 Å². The van der Waals surface area contributed by atoms with Crippen LogP contribution in [0.3, 0.4) is 0 Å². The largest absolute Gasteiger partial charge is 0.387 e. The molecule has 0 heterocycles. The first-order chi connectivity index (χ1) is 8.43. The van der Waals surface area contributed by atoms with Gasteiger partial charge in [-0.3, -0.25) is 9.59 Å². The van der Waals surface area contributed by atoms with E-state index in [1.54, 1.807) is 20.0 Å². The van der Waals surface area contributed by atoms with Gasteiger partial charge in [0.1, 0.15) is 0 Å². The lowest BCUT2D eigenvalue weighted by Gasteiger charge is -2.14. The molecule has 0 aliphatic rings. The summed E-state index contributed by atoms with van der Waals surface area (Å²) in [5.74, 6) is -0.641. The summed E-state index contributed by atoms with van der Waals surface area (Å²) in [6, 6.07) is 5.30. The van der Waals surface area contributed by atoms with Gasteiger partial charge >= 0.3 is 0 Å². The average molecular weight is 249 g/mol. The van der Waals surface area contributed by atoms with Crippen molar-refractivity contribution in [2.75, 3.05) is 12.4 Å². The first kappa shape index (κ1) is 14.0. The number of amides is 2. The van der Waals surface area contributed by atoms with Crippen LogP contribution < -0.4 is 16.4 Å². The predicted molar refractivity (Wildman–Crippen MR) is 71.5 cm³/mol. The Balaban J connectivity index is 2.83. The fourth-order valence-electron chi connectivity index (χ4n) is 1.72. The molecule has 98 valence electrons. The highest BCUT2D eigenvalue weighted by molar-refractivity contribution is 6.00. The molecule has 0 fully saturated rings. The smallest absolute Gasteiger partial charge is 0.253 e. The van der Waals surface area contributed by atoms with Crippen LogP contribution in [-0.2, 0) is 4.79 Å². The second kappa shape index (κ2) is 6.05. The van der Waals surface area contributed by atoms with Crippen molar-refractivity contribution >= 4 is 17.5 Å². The molecule has 0 spiro atoms. The fourth-order valence-corrected chi connectivity index (χ4v) is 1.72. The van der Waals surface area contributed by atoms with Gasteiger partial charge in [-0.1, -0.05) is 11.6 Å². The number of nitrogens with two attached hydrogens (primary N) is 1. The van der Waals surface area contributed by atoms with E-state index in [4.69, 9.17) is 5.73 Å². The molecule has 0 radical (unpaired) electrons. The minimum absolute atomic E-state index is 0.131. The average Bonchev–Trinajstić information content (AvgIpc) is 2.27. The van der Waals surface area contributed by atoms with E-state index < -0.39 is 5.91 Å². The number of aryl methyl sites for hydroxylation is 1. The molecule has 2 amide bonds. The molecule has 0 aromatic heterocycles. The molecule has 1 rings (SSSR count). The Hall–Kier alpha value is -2.04. The zero-order valence-electron chi connectivity index (χ0n) is 10.9. The van der Waals surface area contributed by atoms with Gasteiger partial charge in [-0.2, -0.15) is 0 Å². The van der Waals surface area contributed by atoms with Gasteiger partial charge in [0.25, 0.3) is 5.91 Å². The SMILES string of the molecule is CNc1ccc(C)cc1C(=O)NC(C)CC(N)=O. The van der Waals surface area contributed by atoms with Crippen molar-refractivity contribution < 1.29 is 9.59 Å². The van der Waals surface area contributed by atoms with E-state index in [2.05, 4.69) is 10.6 Å². The summed E-state index contributed by atoms with van der Waals surface area (Å²) in [4.78, 5) is 22.8. The first-order valence-electron chi connectivity index (χ1n) is 5.81. The lowest BCUT2D eigenvalue weighted by molar-refractivity contribution is -0.118. The maximum Gasteiger partial charge on any atom is 0.253 e. The summed E-state index contributed by atoms with van der Waals surface area (Å²) >= 11 is 0. The number of hydrogen-bond acceptors (Lipinski definition) is 3. The highest BCUT2D eigenvalue weighted by Gasteiger charge is 2.14. The first-order valence-corrected chi connectivity index (χ1v) is 5.81. The Kier molecular flexibility index (Phi) is 4.71. The van der Waals surface area contributed by atoms with Crippen molar-refractivity contribution in [1.29, 1.82) is 0 Å². The topological polar surface area (TPSA) is 84.2 Å². The zero-order chi connectivity index (χ0) is 13.7. The normalized spacial score (nSPS) is 11.7. The molecule has 1 aromatic carbocycles. The second-order valence-corrected chi connectivity index (χ2v) is 4.34. The third-order valence-electron chi connectivity index (χ3n) is 2.57. The van der Waals surface area contributed by atoms with E-state index in [9.17, 15) is 9.59 Å². The van der Waals surface area contributed by atoms with Crippen molar-refractivity contribution in [2.24, 2.45) is 5.73 Å². The summed E-state index contributed by atoms with van der Waals surface area (Å²) in [7, 11) is 1.76. The molecule has 18 heavy (non-hydrogen) atoms. The van der Waals surface area contributed by atoms with Crippen LogP contribution in [0.15, 0.2) is 18.2 Å². The van der Waals surface area contributed by atoms with Crippen molar-refractivity contribution in [2.45, 2.75) is 26.3 Å². The van der Waals surface area contributed by atoms with Gasteiger partial charge in [-0.25, -0.2) is 0 Å². The minimum Gasteiger partial charge on any atom is -0.387 e. The van der Waals surface area contributed by atoms with Crippen LogP contribution in [0.5, 0.6) is 0 Å². The van der Waals surface area contributed by atoms with Gasteiger partial charge < -0.3 is 16.4 Å². The van der Waals surface area contributed by atoms with Crippen LogP contribution in [-0.4, -0.2) is 24.9 Å². The monoisotopic (exact) mass is 249 g/mol. The molecule has 5 heteroatoms. The van der Waals surface area contributed by atoms with Crippen LogP contribution in [0.4, 0.5) is 5.69 Å². The molecule has 0 aliphatic carbocycles. The molecule has 4 N–H and O–H groups in total. The number of anilines is 1. The Morgan fingerprint density at radius 3 is 2.61 bits per heavy atom. The van der Waals surface area contributed by atoms with Gasteiger partial charge in [0.2, 0.25) is 5.91 Å². The Labute approximate surface area is 107 Å². The summed E-state index contributed by atoms with van der Waals surface area (Å²) in [6.45, 7) is 3.67. The van der Waals surface area contributed by atoms with Gasteiger partial charge in [0.05, 0.1) is 5.56 Å². The van der Waals surface area contributed by atoms with Crippen molar-refractivity contribution in [3.8, 4) is 0 Å². The third kappa shape index (κ3) is 3.76. The standard InChI is InChI=1S/C13H19N3O2/c1-8-4-5-11(15-3)10(6-8)13(18)16-9(2)7-12(14)17/h4-6,9,15H,7H2,1-3H3,(H2,14,17)(H,16,18). The van der Waals surface area contributed by atoms with Crippen LogP contribution in [0.2, 0.25) is 0 Å². The molecule has 0 bridgehead atoms. The molecule has 1 unspecified atom stereocenters. The third-order valence-corrected chi connectivity index (χ3v) is 2.57.